The maximum Gasteiger partial charge on any atom is 0.149 e. The molecule has 0 fully saturated rings. The zero-order valence-electron chi connectivity index (χ0n) is 12.7. The molecule has 114 valence electrons. The van der Waals surface area contributed by atoms with E-state index in [4.69, 9.17) is 4.74 Å². The third-order valence-electron chi connectivity index (χ3n) is 3.58. The van der Waals surface area contributed by atoms with Crippen molar-refractivity contribution >= 4 is 22.4 Å². The lowest BCUT2D eigenvalue weighted by atomic mass is 10.1. The lowest BCUT2D eigenvalue weighted by Gasteiger charge is -2.10. The summed E-state index contributed by atoms with van der Waals surface area (Å²) < 4.78 is 18.9. The second kappa shape index (κ2) is 5.93. The first kappa shape index (κ1) is 14.8. The molecule has 0 aliphatic carbocycles. The van der Waals surface area contributed by atoms with Gasteiger partial charge in [-0.05, 0) is 42.8 Å². The van der Waals surface area contributed by atoms with E-state index in [-0.39, 0.29) is 5.82 Å². The Labute approximate surface area is 133 Å². The number of ether oxygens (including phenoxy) is 1. The molecule has 1 aromatic heterocycles. The van der Waals surface area contributed by atoms with Gasteiger partial charge < -0.3 is 10.1 Å². The van der Waals surface area contributed by atoms with E-state index in [2.05, 4.69) is 16.4 Å². The van der Waals surface area contributed by atoms with Gasteiger partial charge in [0.05, 0.1) is 18.2 Å². The summed E-state index contributed by atoms with van der Waals surface area (Å²) in [6, 6.07) is 14.1. The molecule has 0 radical (unpaired) electrons. The number of halogens is 1. The Hall–Kier alpha value is -3.13. The molecule has 0 spiro atoms. The molecule has 1 N–H and O–H groups in total. The highest BCUT2D eigenvalue weighted by molar-refractivity contribution is 5.85. The Balaban J connectivity index is 2.07. The standard InChI is InChI=1S/C18H14FN3O/c1-11-3-5-14(8-16(11)19)21-18-13(10-20)7-12-4-6-15(23-2)9-17(12)22-18/h3-9H,1-2H3,(H,21,22). The summed E-state index contributed by atoms with van der Waals surface area (Å²) in [5, 5.41) is 13.2. The number of nitrogens with one attached hydrogen (secondary N) is 1. The highest BCUT2D eigenvalue weighted by Crippen LogP contribution is 2.26. The molecule has 0 aliphatic rings. The van der Waals surface area contributed by atoms with Crippen molar-refractivity contribution in [3.63, 3.8) is 0 Å². The fourth-order valence-electron chi connectivity index (χ4n) is 2.26. The number of pyridine rings is 1. The number of rotatable bonds is 3. The molecular weight excluding hydrogens is 293 g/mol. The first-order chi connectivity index (χ1) is 11.1. The molecule has 2 aromatic carbocycles. The zero-order valence-corrected chi connectivity index (χ0v) is 12.7. The van der Waals surface area contributed by atoms with Gasteiger partial charge in [0.1, 0.15) is 23.5 Å². The summed E-state index contributed by atoms with van der Waals surface area (Å²) in [7, 11) is 1.58. The number of aryl methyl sites for hydroxylation is 1. The van der Waals surface area contributed by atoms with Crippen molar-refractivity contribution in [1.29, 1.82) is 5.26 Å². The summed E-state index contributed by atoms with van der Waals surface area (Å²) in [6.45, 7) is 1.69. The van der Waals surface area contributed by atoms with Crippen molar-refractivity contribution in [2.45, 2.75) is 6.92 Å². The summed E-state index contributed by atoms with van der Waals surface area (Å²) in [4.78, 5) is 4.47. The summed E-state index contributed by atoms with van der Waals surface area (Å²) in [5.41, 5.74) is 2.19. The van der Waals surface area contributed by atoms with Crippen LogP contribution in [0.3, 0.4) is 0 Å². The minimum atomic E-state index is -0.309. The van der Waals surface area contributed by atoms with E-state index in [0.29, 0.717) is 33.9 Å². The Morgan fingerprint density at radius 3 is 2.70 bits per heavy atom. The molecule has 0 aliphatic heterocycles. The van der Waals surface area contributed by atoms with Crippen molar-refractivity contribution < 1.29 is 9.13 Å². The molecule has 5 heteroatoms. The number of aromatic nitrogens is 1. The van der Waals surface area contributed by atoms with Crippen LogP contribution in [0.2, 0.25) is 0 Å². The molecule has 0 saturated carbocycles. The normalized spacial score (nSPS) is 10.3. The van der Waals surface area contributed by atoms with Gasteiger partial charge in [0, 0.05) is 17.1 Å². The van der Waals surface area contributed by atoms with Crippen LogP contribution in [0, 0.1) is 24.1 Å². The van der Waals surface area contributed by atoms with Crippen LogP contribution >= 0.6 is 0 Å². The van der Waals surface area contributed by atoms with Gasteiger partial charge in [0.25, 0.3) is 0 Å². The number of hydrogen-bond donors (Lipinski definition) is 1. The summed E-state index contributed by atoms with van der Waals surface area (Å²) >= 11 is 0. The fraction of sp³-hybridized carbons (Fsp3) is 0.111. The van der Waals surface area contributed by atoms with E-state index in [1.54, 1.807) is 38.3 Å². The molecule has 0 amide bonds. The van der Waals surface area contributed by atoms with Crippen molar-refractivity contribution in [3.8, 4) is 11.8 Å². The first-order valence-electron chi connectivity index (χ1n) is 7.03. The molecular formula is C18H14FN3O. The van der Waals surface area contributed by atoms with Crippen LogP contribution < -0.4 is 10.1 Å². The van der Waals surface area contributed by atoms with Crippen LogP contribution in [0.15, 0.2) is 42.5 Å². The number of anilines is 2. The van der Waals surface area contributed by atoms with Gasteiger partial charge in [-0.1, -0.05) is 6.07 Å². The third kappa shape index (κ3) is 2.92. The molecule has 1 heterocycles. The molecule has 3 rings (SSSR count). The van der Waals surface area contributed by atoms with Gasteiger partial charge in [-0.3, -0.25) is 0 Å². The van der Waals surface area contributed by atoms with Crippen LogP contribution in [0.5, 0.6) is 5.75 Å². The van der Waals surface area contributed by atoms with Gasteiger partial charge in [-0.2, -0.15) is 5.26 Å². The first-order valence-corrected chi connectivity index (χ1v) is 7.03. The Kier molecular flexibility index (Phi) is 3.82. The summed E-state index contributed by atoms with van der Waals surface area (Å²) in [6.07, 6.45) is 0. The number of nitriles is 1. The smallest absolute Gasteiger partial charge is 0.149 e. The van der Waals surface area contributed by atoms with E-state index in [0.717, 1.165) is 5.39 Å². The van der Waals surface area contributed by atoms with Gasteiger partial charge >= 0.3 is 0 Å². The number of benzene rings is 2. The third-order valence-corrected chi connectivity index (χ3v) is 3.58. The predicted molar refractivity (Wildman–Crippen MR) is 87.4 cm³/mol. The molecule has 23 heavy (non-hydrogen) atoms. The van der Waals surface area contributed by atoms with Crippen LogP contribution in [0.4, 0.5) is 15.9 Å². The lowest BCUT2D eigenvalue weighted by Crippen LogP contribution is -1.99. The minimum absolute atomic E-state index is 0.309. The van der Waals surface area contributed by atoms with Crippen LogP contribution in [-0.4, -0.2) is 12.1 Å². The van der Waals surface area contributed by atoms with E-state index < -0.39 is 0 Å². The van der Waals surface area contributed by atoms with Crippen LogP contribution in [-0.2, 0) is 0 Å². The quantitative estimate of drug-likeness (QED) is 0.783. The molecule has 0 bridgehead atoms. The molecule has 4 nitrogen and oxygen atoms in total. The van der Waals surface area contributed by atoms with Crippen molar-refractivity contribution in [2.24, 2.45) is 0 Å². The topological polar surface area (TPSA) is 57.9 Å². The predicted octanol–water partition coefficient (Wildman–Crippen LogP) is 4.31. The SMILES string of the molecule is COc1ccc2cc(C#N)c(Nc3ccc(C)c(F)c3)nc2c1. The van der Waals surface area contributed by atoms with E-state index in [1.807, 2.05) is 12.1 Å². The average Bonchev–Trinajstić information content (AvgIpc) is 2.57. The molecule has 0 saturated heterocycles. The van der Waals surface area contributed by atoms with Gasteiger partial charge in [0.2, 0.25) is 0 Å². The van der Waals surface area contributed by atoms with Crippen LogP contribution in [0.1, 0.15) is 11.1 Å². The minimum Gasteiger partial charge on any atom is -0.497 e. The highest BCUT2D eigenvalue weighted by atomic mass is 19.1. The van der Waals surface area contributed by atoms with Gasteiger partial charge in [-0.25, -0.2) is 9.37 Å². The molecule has 3 aromatic rings. The maximum atomic E-state index is 13.7. The van der Waals surface area contributed by atoms with E-state index in [9.17, 15) is 9.65 Å². The lowest BCUT2D eigenvalue weighted by molar-refractivity contribution is 0.415. The highest BCUT2D eigenvalue weighted by Gasteiger charge is 2.09. The Bertz CT molecular complexity index is 931. The second-order valence-electron chi connectivity index (χ2n) is 5.14. The Morgan fingerprint density at radius 1 is 1.17 bits per heavy atom. The van der Waals surface area contributed by atoms with Gasteiger partial charge in [0.15, 0.2) is 0 Å². The molecule has 0 unspecified atom stereocenters. The van der Waals surface area contributed by atoms with E-state index in [1.165, 1.54) is 6.07 Å². The fourth-order valence-corrected chi connectivity index (χ4v) is 2.26. The number of hydrogen-bond acceptors (Lipinski definition) is 4. The van der Waals surface area contributed by atoms with Gasteiger partial charge in [-0.15, -0.1) is 0 Å². The largest absolute Gasteiger partial charge is 0.497 e. The van der Waals surface area contributed by atoms with Crippen molar-refractivity contribution in [3.05, 3.63) is 59.4 Å². The van der Waals surface area contributed by atoms with Crippen LogP contribution in [0.25, 0.3) is 10.9 Å². The maximum absolute atomic E-state index is 13.7. The number of nitrogens with zero attached hydrogens (tertiary/aromatic N) is 2. The van der Waals surface area contributed by atoms with E-state index >= 15 is 0 Å². The van der Waals surface area contributed by atoms with Crippen molar-refractivity contribution in [2.75, 3.05) is 12.4 Å². The molecule has 0 atom stereocenters. The monoisotopic (exact) mass is 307 g/mol. The number of fused-ring (bicyclic) bond motifs is 1. The van der Waals surface area contributed by atoms with Crippen molar-refractivity contribution in [1.82, 2.24) is 4.98 Å². The average molecular weight is 307 g/mol. The summed E-state index contributed by atoms with van der Waals surface area (Å²) in [5.74, 6) is 0.759. The zero-order chi connectivity index (χ0) is 16.4. The second-order valence-corrected chi connectivity index (χ2v) is 5.14. The Morgan fingerprint density at radius 2 is 2.00 bits per heavy atom. The number of methoxy groups -OCH3 is 1.